The zero-order chi connectivity index (χ0) is 17.9. The van der Waals surface area contributed by atoms with Crippen LogP contribution in [0.4, 0.5) is 0 Å². The predicted molar refractivity (Wildman–Crippen MR) is 101 cm³/mol. The molecule has 0 radical (unpaired) electrons. The van der Waals surface area contributed by atoms with E-state index in [4.69, 9.17) is 14.5 Å². The predicted octanol–water partition coefficient (Wildman–Crippen LogP) is 3.65. The van der Waals surface area contributed by atoms with E-state index in [1.54, 1.807) is 14.2 Å². The number of hydrogen-bond acceptors (Lipinski definition) is 4. The lowest BCUT2D eigenvalue weighted by atomic mass is 10.1. The van der Waals surface area contributed by atoms with E-state index in [0.29, 0.717) is 0 Å². The number of benzene rings is 2. The van der Waals surface area contributed by atoms with Gasteiger partial charge in [0.1, 0.15) is 17.3 Å². The summed E-state index contributed by atoms with van der Waals surface area (Å²) < 4.78 is 10.6. The van der Waals surface area contributed by atoms with Crippen molar-refractivity contribution in [3.63, 3.8) is 0 Å². The lowest BCUT2D eigenvalue weighted by molar-refractivity contribution is 0.241. The fraction of sp³-hybridized carbons (Fsp3) is 0.286. The Morgan fingerprint density at radius 2 is 1.85 bits per heavy atom. The fourth-order valence-corrected chi connectivity index (χ4v) is 3.40. The molecule has 0 unspecified atom stereocenters. The van der Waals surface area contributed by atoms with E-state index in [1.165, 1.54) is 17.0 Å². The molecular weight excluding hydrogens is 326 g/mol. The van der Waals surface area contributed by atoms with E-state index in [1.807, 2.05) is 36.4 Å². The number of aromatic nitrogens is 2. The molecule has 2 aromatic carbocycles. The van der Waals surface area contributed by atoms with Gasteiger partial charge in [-0.1, -0.05) is 12.1 Å². The molecule has 0 atom stereocenters. The summed E-state index contributed by atoms with van der Waals surface area (Å²) in [6.45, 7) is 2.81. The Balaban J connectivity index is 1.49. The van der Waals surface area contributed by atoms with Gasteiger partial charge in [-0.15, -0.1) is 0 Å². The Bertz CT molecular complexity index is 887. The van der Waals surface area contributed by atoms with E-state index in [9.17, 15) is 0 Å². The molecule has 5 nitrogen and oxygen atoms in total. The summed E-state index contributed by atoms with van der Waals surface area (Å²) in [4.78, 5) is 10.7. The molecule has 1 N–H and O–H groups in total. The number of fused-ring (bicyclic) bond motifs is 1. The minimum Gasteiger partial charge on any atom is -0.497 e. The number of nitrogens with zero attached hydrogens (tertiary/aromatic N) is 2. The highest BCUT2D eigenvalue weighted by Crippen LogP contribution is 2.25. The van der Waals surface area contributed by atoms with Gasteiger partial charge in [-0.25, -0.2) is 4.98 Å². The van der Waals surface area contributed by atoms with Crippen LogP contribution in [-0.4, -0.2) is 35.6 Å². The molecule has 5 heteroatoms. The summed E-state index contributed by atoms with van der Waals surface area (Å²) in [6.07, 6.45) is 0.964. The van der Waals surface area contributed by atoms with Gasteiger partial charge in [-0.3, -0.25) is 4.90 Å². The normalized spacial score (nSPS) is 14.1. The van der Waals surface area contributed by atoms with Crippen molar-refractivity contribution in [3.8, 4) is 22.9 Å². The lowest BCUT2D eigenvalue weighted by Gasteiger charge is -2.26. The van der Waals surface area contributed by atoms with E-state index >= 15 is 0 Å². The zero-order valence-corrected chi connectivity index (χ0v) is 15.2. The van der Waals surface area contributed by atoms with Crippen LogP contribution >= 0.6 is 0 Å². The van der Waals surface area contributed by atoms with Crippen LogP contribution in [0.2, 0.25) is 0 Å². The molecule has 3 aromatic rings. The molecule has 0 spiro atoms. The van der Waals surface area contributed by atoms with E-state index < -0.39 is 0 Å². The molecule has 2 heterocycles. The molecule has 0 saturated carbocycles. The summed E-state index contributed by atoms with van der Waals surface area (Å²) in [7, 11) is 3.38. The Hall–Kier alpha value is -2.79. The average molecular weight is 349 g/mol. The summed E-state index contributed by atoms with van der Waals surface area (Å²) >= 11 is 0. The van der Waals surface area contributed by atoms with Crippen LogP contribution in [0.1, 0.15) is 17.0 Å². The summed E-state index contributed by atoms with van der Waals surface area (Å²) in [5.41, 5.74) is 4.74. The van der Waals surface area contributed by atoms with Gasteiger partial charge in [0.25, 0.3) is 0 Å². The highest BCUT2D eigenvalue weighted by atomic mass is 16.5. The fourth-order valence-electron chi connectivity index (χ4n) is 3.40. The molecule has 0 fully saturated rings. The number of hydrogen-bond donors (Lipinski definition) is 1. The Kier molecular flexibility index (Phi) is 4.63. The first-order valence-electron chi connectivity index (χ1n) is 8.82. The molecule has 0 amide bonds. The van der Waals surface area contributed by atoms with Gasteiger partial charge in [0.05, 0.1) is 25.6 Å². The van der Waals surface area contributed by atoms with Crippen LogP contribution in [0.25, 0.3) is 11.4 Å². The van der Waals surface area contributed by atoms with Crippen molar-refractivity contribution in [1.29, 1.82) is 0 Å². The first-order chi connectivity index (χ1) is 12.7. The van der Waals surface area contributed by atoms with Crippen molar-refractivity contribution < 1.29 is 9.47 Å². The second kappa shape index (κ2) is 7.22. The van der Waals surface area contributed by atoms with Crippen molar-refractivity contribution in [2.24, 2.45) is 0 Å². The molecule has 1 aliphatic heterocycles. The van der Waals surface area contributed by atoms with Crippen LogP contribution < -0.4 is 9.47 Å². The van der Waals surface area contributed by atoms with Gasteiger partial charge in [0, 0.05) is 31.6 Å². The molecule has 0 bridgehead atoms. The molecule has 0 saturated heterocycles. The van der Waals surface area contributed by atoms with Crippen LogP contribution in [0.15, 0.2) is 48.5 Å². The largest absolute Gasteiger partial charge is 0.497 e. The van der Waals surface area contributed by atoms with Crippen LogP contribution in [0, 0.1) is 0 Å². The van der Waals surface area contributed by atoms with Crippen LogP contribution in [0.3, 0.4) is 0 Å². The number of ether oxygens (including phenoxy) is 2. The Morgan fingerprint density at radius 1 is 1.04 bits per heavy atom. The van der Waals surface area contributed by atoms with Gasteiger partial charge in [-0.2, -0.15) is 0 Å². The minimum absolute atomic E-state index is 0.856. The second-order valence-electron chi connectivity index (χ2n) is 6.55. The third kappa shape index (κ3) is 3.44. The smallest absolute Gasteiger partial charge is 0.137 e. The van der Waals surface area contributed by atoms with Crippen LogP contribution in [0.5, 0.6) is 11.5 Å². The van der Waals surface area contributed by atoms with Crippen molar-refractivity contribution in [1.82, 2.24) is 14.9 Å². The Morgan fingerprint density at radius 3 is 2.62 bits per heavy atom. The second-order valence-corrected chi connectivity index (χ2v) is 6.55. The number of methoxy groups -OCH3 is 2. The van der Waals surface area contributed by atoms with Gasteiger partial charge in [0.15, 0.2) is 0 Å². The van der Waals surface area contributed by atoms with E-state index in [0.717, 1.165) is 48.9 Å². The third-order valence-electron chi connectivity index (χ3n) is 4.81. The van der Waals surface area contributed by atoms with Crippen molar-refractivity contribution in [3.05, 3.63) is 65.5 Å². The van der Waals surface area contributed by atoms with Gasteiger partial charge in [0.2, 0.25) is 0 Å². The standard InChI is InChI=1S/C21H23N3O2/c1-25-17-8-6-16(7-9-17)21-22-19-10-11-24(14-20(19)23-21)13-15-4-3-5-18(12-15)26-2/h3-9,12H,10-11,13-14H2,1-2H3,(H,22,23). The molecule has 0 aliphatic carbocycles. The molecular formula is C21H23N3O2. The molecule has 134 valence electrons. The van der Waals surface area contributed by atoms with E-state index in [2.05, 4.69) is 22.0 Å². The lowest BCUT2D eigenvalue weighted by Crippen LogP contribution is -2.30. The molecule has 1 aliphatic rings. The monoisotopic (exact) mass is 349 g/mol. The molecule has 4 rings (SSSR count). The Labute approximate surface area is 153 Å². The maximum Gasteiger partial charge on any atom is 0.137 e. The number of H-pyrrole nitrogens is 1. The topological polar surface area (TPSA) is 50.4 Å². The average Bonchev–Trinajstić information content (AvgIpc) is 3.11. The SMILES string of the molecule is COc1ccc(-c2nc3c([nH]2)CN(Cc2cccc(OC)c2)CC3)cc1. The van der Waals surface area contributed by atoms with Crippen molar-refractivity contribution >= 4 is 0 Å². The summed E-state index contributed by atoms with van der Waals surface area (Å²) in [5.74, 6) is 2.69. The highest BCUT2D eigenvalue weighted by molar-refractivity contribution is 5.57. The maximum absolute atomic E-state index is 5.33. The summed E-state index contributed by atoms with van der Waals surface area (Å²) in [5, 5.41) is 0. The maximum atomic E-state index is 5.33. The number of imidazole rings is 1. The first-order valence-corrected chi connectivity index (χ1v) is 8.82. The quantitative estimate of drug-likeness (QED) is 0.764. The molecule has 26 heavy (non-hydrogen) atoms. The van der Waals surface area contributed by atoms with Gasteiger partial charge >= 0.3 is 0 Å². The van der Waals surface area contributed by atoms with Gasteiger partial charge < -0.3 is 14.5 Å². The minimum atomic E-state index is 0.856. The van der Waals surface area contributed by atoms with Crippen LogP contribution in [-0.2, 0) is 19.5 Å². The zero-order valence-electron chi connectivity index (χ0n) is 15.2. The number of rotatable bonds is 5. The van der Waals surface area contributed by atoms with Crippen molar-refractivity contribution in [2.75, 3.05) is 20.8 Å². The van der Waals surface area contributed by atoms with Gasteiger partial charge in [-0.05, 0) is 42.0 Å². The third-order valence-corrected chi connectivity index (χ3v) is 4.81. The summed E-state index contributed by atoms with van der Waals surface area (Å²) in [6, 6.07) is 16.3. The molecule has 1 aromatic heterocycles. The van der Waals surface area contributed by atoms with E-state index in [-0.39, 0.29) is 0 Å². The highest BCUT2D eigenvalue weighted by Gasteiger charge is 2.20. The first kappa shape index (κ1) is 16.7. The number of nitrogens with one attached hydrogen (secondary N) is 1. The number of aromatic amines is 1. The van der Waals surface area contributed by atoms with Crippen molar-refractivity contribution in [2.45, 2.75) is 19.5 Å².